The van der Waals surface area contributed by atoms with Crippen LogP contribution in [0.4, 0.5) is 0 Å². The monoisotopic (exact) mass is 545 g/mol. The van der Waals surface area contributed by atoms with Gasteiger partial charge in [0, 0.05) is 18.7 Å². The zero-order chi connectivity index (χ0) is 28.2. The van der Waals surface area contributed by atoms with Gasteiger partial charge in [0.25, 0.3) is 11.8 Å². The van der Waals surface area contributed by atoms with E-state index in [0.29, 0.717) is 22.8 Å². The highest BCUT2D eigenvalue weighted by Crippen LogP contribution is 2.32. The average Bonchev–Trinajstić information content (AvgIpc) is 3.36. The number of hydrogen-bond acceptors (Lipinski definition) is 7. The van der Waals surface area contributed by atoms with Crippen molar-refractivity contribution in [2.24, 2.45) is 0 Å². The summed E-state index contributed by atoms with van der Waals surface area (Å²) in [5.41, 5.74) is 3.88. The first kappa shape index (κ1) is 27.0. The molecule has 3 aromatic rings. The number of methoxy groups -OCH3 is 1. The Hall–Kier alpha value is -4.57. The Morgan fingerprint density at radius 2 is 1.93 bits per heavy atom. The second kappa shape index (κ2) is 11.7. The molecule has 3 N–H and O–H groups in total. The van der Waals surface area contributed by atoms with Gasteiger partial charge < -0.3 is 34.9 Å². The maximum absolute atomic E-state index is 13.4. The predicted molar refractivity (Wildman–Crippen MR) is 146 cm³/mol. The number of hydrogen-bond donors (Lipinski definition) is 3. The standard InChI is InChI=1S/C30H31N3O7/c1-18-6-8-21-12-23(18)20-4-3-5-22(11-20)39-17-28(35)31-13-19-7-9-25(26(10-19)38-2)40-27-15-33(29(36)16-34)14-24(27)32-30(21)37/h3-12,24,27,34H,13-17H2,1-2H3,(H,31,35)(H,32,37)/t24-,27-/m0/s1. The van der Waals surface area contributed by atoms with Crippen LogP contribution in [-0.4, -0.2) is 73.3 Å². The highest BCUT2D eigenvalue weighted by Gasteiger charge is 2.38. The van der Waals surface area contributed by atoms with Crippen LogP contribution >= 0.6 is 0 Å². The minimum absolute atomic E-state index is 0.157. The van der Waals surface area contributed by atoms with E-state index in [1.165, 1.54) is 12.0 Å². The van der Waals surface area contributed by atoms with Crippen LogP contribution in [0.2, 0.25) is 0 Å². The molecule has 2 atom stereocenters. The van der Waals surface area contributed by atoms with E-state index in [2.05, 4.69) is 10.6 Å². The molecule has 0 aromatic heterocycles. The summed E-state index contributed by atoms with van der Waals surface area (Å²) in [6.45, 7) is 1.77. The number of carbonyl (C=O) groups excluding carboxylic acids is 3. The number of aliphatic hydroxyl groups excluding tert-OH is 1. The Kier molecular flexibility index (Phi) is 7.88. The van der Waals surface area contributed by atoms with Gasteiger partial charge >= 0.3 is 0 Å². The lowest BCUT2D eigenvalue weighted by atomic mass is 9.97. The van der Waals surface area contributed by atoms with Gasteiger partial charge in [-0.25, -0.2) is 0 Å². The van der Waals surface area contributed by atoms with E-state index >= 15 is 0 Å². The molecule has 1 saturated heterocycles. The number of aryl methyl sites for hydroxylation is 1. The molecule has 3 aromatic carbocycles. The van der Waals surface area contributed by atoms with Crippen LogP contribution < -0.4 is 24.8 Å². The van der Waals surface area contributed by atoms with Crippen molar-refractivity contribution >= 4 is 17.7 Å². The van der Waals surface area contributed by atoms with Crippen molar-refractivity contribution in [1.29, 1.82) is 0 Å². The van der Waals surface area contributed by atoms with Crippen LogP contribution in [0.1, 0.15) is 21.5 Å². The first-order chi connectivity index (χ1) is 19.3. The summed E-state index contributed by atoms with van der Waals surface area (Å²) < 4.78 is 17.6. The summed E-state index contributed by atoms with van der Waals surface area (Å²) in [6, 6.07) is 17.5. The number of fused-ring (bicyclic) bond motifs is 7. The fourth-order valence-corrected chi connectivity index (χ4v) is 4.90. The van der Waals surface area contributed by atoms with Crippen molar-refractivity contribution in [2.45, 2.75) is 25.6 Å². The van der Waals surface area contributed by atoms with Crippen LogP contribution in [0.3, 0.4) is 0 Å². The number of benzene rings is 3. The maximum Gasteiger partial charge on any atom is 0.258 e. The predicted octanol–water partition coefficient (Wildman–Crippen LogP) is 2.06. The smallest absolute Gasteiger partial charge is 0.258 e. The normalized spacial score (nSPS) is 19.0. The van der Waals surface area contributed by atoms with Gasteiger partial charge in [-0.2, -0.15) is 0 Å². The third-order valence-electron chi connectivity index (χ3n) is 7.08. The number of aliphatic hydroxyl groups is 1. The highest BCUT2D eigenvalue weighted by molar-refractivity contribution is 5.96. The molecule has 40 heavy (non-hydrogen) atoms. The fraction of sp³-hybridized carbons (Fsp3) is 0.300. The summed E-state index contributed by atoms with van der Waals surface area (Å²) in [4.78, 5) is 39.7. The van der Waals surface area contributed by atoms with Gasteiger partial charge in [-0.05, 0) is 65.6 Å². The number of carbonyl (C=O) groups is 3. The van der Waals surface area contributed by atoms with E-state index < -0.39 is 24.7 Å². The van der Waals surface area contributed by atoms with Crippen LogP contribution in [0, 0.1) is 6.92 Å². The molecule has 0 saturated carbocycles. The molecule has 0 radical (unpaired) electrons. The second-order valence-electron chi connectivity index (χ2n) is 9.80. The molecule has 208 valence electrons. The van der Waals surface area contributed by atoms with Crippen LogP contribution in [0.15, 0.2) is 60.7 Å². The topological polar surface area (TPSA) is 126 Å². The molecular formula is C30H31N3O7. The summed E-state index contributed by atoms with van der Waals surface area (Å²) in [5, 5.41) is 15.3. The highest BCUT2D eigenvalue weighted by atomic mass is 16.5. The minimum atomic E-state index is -0.638. The van der Waals surface area contributed by atoms with Gasteiger partial charge in [-0.3, -0.25) is 14.4 Å². The molecule has 10 heteroatoms. The number of likely N-dealkylation sites (tertiary alicyclic amines) is 1. The van der Waals surface area contributed by atoms with E-state index in [1.54, 1.807) is 36.4 Å². The molecule has 0 aliphatic carbocycles. The largest absolute Gasteiger partial charge is 0.493 e. The molecule has 3 heterocycles. The molecule has 3 aliphatic rings. The van der Waals surface area contributed by atoms with Crippen LogP contribution in [-0.2, 0) is 16.1 Å². The Balaban J connectivity index is 1.52. The molecule has 6 bridgehead atoms. The van der Waals surface area contributed by atoms with E-state index in [4.69, 9.17) is 14.2 Å². The van der Waals surface area contributed by atoms with Crippen molar-refractivity contribution < 1.29 is 33.7 Å². The van der Waals surface area contributed by atoms with Gasteiger partial charge in [0.15, 0.2) is 18.1 Å². The van der Waals surface area contributed by atoms with Crippen molar-refractivity contribution in [3.05, 3.63) is 77.4 Å². The molecule has 0 spiro atoms. The van der Waals surface area contributed by atoms with Crippen LogP contribution in [0.5, 0.6) is 17.2 Å². The van der Waals surface area contributed by atoms with Gasteiger partial charge in [-0.15, -0.1) is 0 Å². The minimum Gasteiger partial charge on any atom is -0.493 e. The number of amides is 3. The molecule has 1 fully saturated rings. The number of ether oxygens (including phenoxy) is 3. The van der Waals surface area contributed by atoms with Gasteiger partial charge in [0.05, 0.1) is 19.7 Å². The van der Waals surface area contributed by atoms with E-state index in [1.807, 2.05) is 31.2 Å². The molecule has 6 rings (SSSR count). The summed E-state index contributed by atoms with van der Waals surface area (Å²) in [5.74, 6) is 0.342. The SMILES string of the molecule is COc1cc2ccc1O[C@H]1CN(C(=O)CO)C[C@@H]1NC(=O)c1ccc(C)c(c1)-c1cccc(c1)OCC(=O)NC2. The Labute approximate surface area is 231 Å². The lowest BCUT2D eigenvalue weighted by Gasteiger charge is -2.23. The fourth-order valence-electron chi connectivity index (χ4n) is 4.90. The molecular weight excluding hydrogens is 514 g/mol. The van der Waals surface area contributed by atoms with E-state index in [0.717, 1.165) is 22.3 Å². The van der Waals surface area contributed by atoms with Crippen molar-refractivity contribution in [2.75, 3.05) is 33.4 Å². The number of rotatable bonds is 2. The molecule has 3 amide bonds. The summed E-state index contributed by atoms with van der Waals surface area (Å²) in [6.07, 6.45) is -0.594. The summed E-state index contributed by atoms with van der Waals surface area (Å²) >= 11 is 0. The van der Waals surface area contributed by atoms with Crippen LogP contribution in [0.25, 0.3) is 11.1 Å². The van der Waals surface area contributed by atoms with Gasteiger partial charge in [0.2, 0.25) is 5.91 Å². The molecule has 3 aliphatic heterocycles. The zero-order valence-corrected chi connectivity index (χ0v) is 22.3. The van der Waals surface area contributed by atoms with Crippen molar-refractivity contribution in [3.8, 4) is 28.4 Å². The van der Waals surface area contributed by atoms with Crippen molar-refractivity contribution in [3.63, 3.8) is 0 Å². The number of nitrogens with zero attached hydrogens (tertiary/aromatic N) is 1. The lowest BCUT2D eigenvalue weighted by Crippen LogP contribution is -2.45. The maximum atomic E-state index is 13.4. The third kappa shape index (κ3) is 5.86. The van der Waals surface area contributed by atoms with Gasteiger partial charge in [0.1, 0.15) is 18.5 Å². The lowest BCUT2D eigenvalue weighted by molar-refractivity contribution is -0.133. The van der Waals surface area contributed by atoms with Gasteiger partial charge in [-0.1, -0.05) is 24.3 Å². The molecule has 0 unspecified atom stereocenters. The average molecular weight is 546 g/mol. The number of nitrogens with one attached hydrogen (secondary N) is 2. The quantitative estimate of drug-likeness (QED) is 0.450. The van der Waals surface area contributed by atoms with Crippen molar-refractivity contribution in [1.82, 2.24) is 15.5 Å². The Morgan fingerprint density at radius 3 is 2.73 bits per heavy atom. The second-order valence-corrected chi connectivity index (χ2v) is 9.80. The first-order valence-corrected chi connectivity index (χ1v) is 13.0. The first-order valence-electron chi connectivity index (χ1n) is 13.0. The summed E-state index contributed by atoms with van der Waals surface area (Å²) in [7, 11) is 1.51. The zero-order valence-electron chi connectivity index (χ0n) is 22.3. The Morgan fingerprint density at radius 1 is 1.07 bits per heavy atom. The van der Waals surface area contributed by atoms with E-state index in [9.17, 15) is 19.5 Å². The Bertz CT molecular complexity index is 1440. The third-order valence-corrected chi connectivity index (χ3v) is 7.08. The molecule has 10 nitrogen and oxygen atoms in total. The van der Waals surface area contributed by atoms with E-state index in [-0.39, 0.29) is 38.1 Å².